The van der Waals surface area contributed by atoms with Crippen molar-refractivity contribution in [2.45, 2.75) is 38.6 Å². The summed E-state index contributed by atoms with van der Waals surface area (Å²) >= 11 is 0. The van der Waals surface area contributed by atoms with Crippen molar-refractivity contribution >= 4 is 11.8 Å². The average molecular weight is 364 g/mol. The van der Waals surface area contributed by atoms with Crippen LogP contribution in [0.2, 0.25) is 0 Å². The average Bonchev–Trinajstić information content (AvgIpc) is 2.66. The van der Waals surface area contributed by atoms with Gasteiger partial charge < -0.3 is 24.8 Å². The minimum atomic E-state index is -0.378. The Labute approximate surface area is 154 Å². The van der Waals surface area contributed by atoms with Crippen LogP contribution in [-0.2, 0) is 4.79 Å². The molecule has 0 bridgehead atoms. The van der Waals surface area contributed by atoms with Crippen LogP contribution >= 0.6 is 0 Å². The summed E-state index contributed by atoms with van der Waals surface area (Å²) in [6.45, 7) is 2.16. The number of ether oxygens (including phenoxy) is 3. The number of amides is 2. The van der Waals surface area contributed by atoms with E-state index in [1.54, 1.807) is 12.1 Å². The monoisotopic (exact) mass is 364 g/mol. The zero-order valence-electron chi connectivity index (χ0n) is 15.9. The van der Waals surface area contributed by atoms with Crippen molar-refractivity contribution in [3.8, 4) is 17.2 Å². The molecule has 0 aromatic heterocycles. The molecule has 1 fully saturated rings. The van der Waals surface area contributed by atoms with Gasteiger partial charge in [-0.15, -0.1) is 0 Å². The Bertz CT molecular complexity index is 614. The number of benzene rings is 1. The Morgan fingerprint density at radius 1 is 1.00 bits per heavy atom. The van der Waals surface area contributed by atoms with Gasteiger partial charge in [0.2, 0.25) is 11.7 Å². The maximum Gasteiger partial charge on any atom is 0.251 e. The molecule has 0 spiro atoms. The van der Waals surface area contributed by atoms with Crippen molar-refractivity contribution in [1.29, 1.82) is 0 Å². The van der Waals surface area contributed by atoms with Crippen LogP contribution in [0, 0.1) is 5.92 Å². The topological polar surface area (TPSA) is 85.9 Å². The second-order valence-corrected chi connectivity index (χ2v) is 6.62. The maximum absolute atomic E-state index is 12.4. The Morgan fingerprint density at radius 3 is 2.08 bits per heavy atom. The summed E-state index contributed by atoms with van der Waals surface area (Å²) in [5.41, 5.74) is 0.332. The summed E-state index contributed by atoms with van der Waals surface area (Å²) in [6, 6.07) is 3.31. The van der Waals surface area contributed by atoms with Crippen LogP contribution in [0.4, 0.5) is 0 Å². The standard InChI is InChI=1S/C19H28N2O5/c1-12-5-7-14(8-6-12)21-17(22)11-20-19(23)13-9-15(24-2)18(26-4)16(10-13)25-3/h9-10,12,14H,5-8,11H2,1-4H3,(H,20,23)(H,21,22). The summed E-state index contributed by atoms with van der Waals surface area (Å²) in [7, 11) is 4.46. The van der Waals surface area contributed by atoms with E-state index in [4.69, 9.17) is 14.2 Å². The first kappa shape index (κ1) is 19.9. The van der Waals surface area contributed by atoms with Gasteiger partial charge in [-0.1, -0.05) is 6.92 Å². The second kappa shape index (κ2) is 9.31. The molecule has 1 aromatic rings. The van der Waals surface area contributed by atoms with Gasteiger partial charge >= 0.3 is 0 Å². The van der Waals surface area contributed by atoms with Crippen molar-refractivity contribution in [3.63, 3.8) is 0 Å². The number of carbonyl (C=O) groups is 2. The Kier molecular flexibility index (Phi) is 7.12. The van der Waals surface area contributed by atoms with Crippen LogP contribution in [0.5, 0.6) is 17.2 Å². The summed E-state index contributed by atoms with van der Waals surface area (Å²) in [5, 5.41) is 5.62. The quantitative estimate of drug-likeness (QED) is 0.774. The molecule has 2 N–H and O–H groups in total. The van der Waals surface area contributed by atoms with Crippen LogP contribution in [0.1, 0.15) is 43.0 Å². The van der Waals surface area contributed by atoms with Crippen LogP contribution in [-0.4, -0.2) is 45.7 Å². The van der Waals surface area contributed by atoms with Crippen molar-refractivity contribution in [2.75, 3.05) is 27.9 Å². The molecule has 1 saturated carbocycles. The first-order chi connectivity index (χ1) is 12.5. The summed E-state index contributed by atoms with van der Waals surface area (Å²) in [5.74, 6) is 1.36. The van der Waals surface area contributed by atoms with E-state index >= 15 is 0 Å². The lowest BCUT2D eigenvalue weighted by Gasteiger charge is -2.26. The van der Waals surface area contributed by atoms with Gasteiger partial charge in [0, 0.05) is 11.6 Å². The lowest BCUT2D eigenvalue weighted by Crippen LogP contribution is -2.43. The van der Waals surface area contributed by atoms with Crippen LogP contribution in [0.15, 0.2) is 12.1 Å². The number of nitrogens with one attached hydrogen (secondary N) is 2. The highest BCUT2D eigenvalue weighted by atomic mass is 16.5. The molecule has 0 heterocycles. The van der Waals surface area contributed by atoms with Crippen molar-refractivity contribution in [3.05, 3.63) is 17.7 Å². The van der Waals surface area contributed by atoms with Gasteiger partial charge in [-0.3, -0.25) is 9.59 Å². The largest absolute Gasteiger partial charge is 0.493 e. The molecule has 7 nitrogen and oxygen atoms in total. The van der Waals surface area contributed by atoms with Gasteiger partial charge in [0.15, 0.2) is 11.5 Å². The lowest BCUT2D eigenvalue weighted by molar-refractivity contribution is -0.121. The Morgan fingerprint density at radius 2 is 1.58 bits per heavy atom. The van der Waals surface area contributed by atoms with E-state index in [1.165, 1.54) is 21.3 Å². The highest BCUT2D eigenvalue weighted by Gasteiger charge is 2.21. The van der Waals surface area contributed by atoms with Gasteiger partial charge in [-0.25, -0.2) is 0 Å². The molecule has 7 heteroatoms. The molecule has 2 rings (SSSR count). The van der Waals surface area contributed by atoms with Crippen LogP contribution in [0.3, 0.4) is 0 Å². The van der Waals surface area contributed by atoms with Gasteiger partial charge in [-0.2, -0.15) is 0 Å². The molecular formula is C19H28N2O5. The lowest BCUT2D eigenvalue weighted by atomic mass is 9.87. The van der Waals surface area contributed by atoms with Crippen LogP contribution in [0.25, 0.3) is 0 Å². The zero-order chi connectivity index (χ0) is 19.1. The first-order valence-corrected chi connectivity index (χ1v) is 8.86. The van der Waals surface area contributed by atoms with E-state index in [-0.39, 0.29) is 24.4 Å². The molecule has 0 atom stereocenters. The molecule has 0 unspecified atom stereocenters. The van der Waals surface area contributed by atoms with E-state index in [0.29, 0.717) is 22.8 Å². The third-order valence-electron chi connectivity index (χ3n) is 4.72. The van der Waals surface area contributed by atoms with E-state index in [2.05, 4.69) is 17.6 Å². The number of rotatable bonds is 7. The smallest absolute Gasteiger partial charge is 0.251 e. The Hall–Kier alpha value is -2.44. The normalized spacial score (nSPS) is 19.4. The predicted octanol–water partition coefficient (Wildman–Crippen LogP) is 2.14. The van der Waals surface area contributed by atoms with Gasteiger partial charge in [-0.05, 0) is 43.7 Å². The molecule has 0 aliphatic heterocycles. The number of hydrogen-bond acceptors (Lipinski definition) is 5. The molecular weight excluding hydrogens is 336 g/mol. The minimum absolute atomic E-state index is 0.0679. The zero-order valence-corrected chi connectivity index (χ0v) is 15.9. The van der Waals surface area contributed by atoms with Gasteiger partial charge in [0.1, 0.15) is 0 Å². The second-order valence-electron chi connectivity index (χ2n) is 6.62. The van der Waals surface area contributed by atoms with Crippen molar-refractivity contribution in [1.82, 2.24) is 10.6 Å². The van der Waals surface area contributed by atoms with E-state index in [9.17, 15) is 9.59 Å². The summed E-state index contributed by atoms with van der Waals surface area (Å²) in [4.78, 5) is 24.5. The summed E-state index contributed by atoms with van der Waals surface area (Å²) in [6.07, 6.45) is 4.24. The molecule has 2 amide bonds. The molecule has 0 saturated heterocycles. The maximum atomic E-state index is 12.4. The van der Waals surface area contributed by atoms with E-state index < -0.39 is 0 Å². The molecule has 144 valence electrons. The molecule has 1 aliphatic carbocycles. The SMILES string of the molecule is COc1cc(C(=O)NCC(=O)NC2CCC(C)CC2)cc(OC)c1OC. The summed E-state index contributed by atoms with van der Waals surface area (Å²) < 4.78 is 15.7. The fourth-order valence-electron chi connectivity index (χ4n) is 3.16. The fourth-order valence-corrected chi connectivity index (χ4v) is 3.16. The molecule has 26 heavy (non-hydrogen) atoms. The molecule has 0 radical (unpaired) electrons. The highest BCUT2D eigenvalue weighted by molar-refractivity contribution is 5.97. The fraction of sp³-hybridized carbons (Fsp3) is 0.579. The Balaban J connectivity index is 1.94. The van der Waals surface area contributed by atoms with Gasteiger partial charge in [0.25, 0.3) is 5.91 Å². The first-order valence-electron chi connectivity index (χ1n) is 8.86. The third kappa shape index (κ3) is 5.03. The number of carbonyl (C=O) groups excluding carboxylic acids is 2. The third-order valence-corrected chi connectivity index (χ3v) is 4.72. The number of methoxy groups -OCH3 is 3. The molecule has 1 aromatic carbocycles. The molecule has 1 aliphatic rings. The van der Waals surface area contributed by atoms with Gasteiger partial charge in [0.05, 0.1) is 27.9 Å². The van der Waals surface area contributed by atoms with Crippen LogP contribution < -0.4 is 24.8 Å². The predicted molar refractivity (Wildman–Crippen MR) is 98.0 cm³/mol. The van der Waals surface area contributed by atoms with E-state index in [0.717, 1.165) is 31.6 Å². The minimum Gasteiger partial charge on any atom is -0.493 e. The highest BCUT2D eigenvalue weighted by Crippen LogP contribution is 2.38. The van der Waals surface area contributed by atoms with Crippen molar-refractivity contribution in [2.24, 2.45) is 5.92 Å². The van der Waals surface area contributed by atoms with E-state index in [1.807, 2.05) is 0 Å². The van der Waals surface area contributed by atoms with Crippen molar-refractivity contribution < 1.29 is 23.8 Å². The number of hydrogen-bond donors (Lipinski definition) is 2.